The Labute approximate surface area is 555 Å². The molecule has 0 heterocycles. The number of primary amides is 1. The minimum Gasteiger partial charge on any atom is -0.379 e. The van der Waals surface area contributed by atoms with E-state index in [1.807, 2.05) is 13.8 Å². The van der Waals surface area contributed by atoms with Crippen LogP contribution < -0.4 is 38.1 Å². The number of thiol groups is 1. The summed E-state index contributed by atoms with van der Waals surface area (Å²) in [5, 5.41) is 13.5. The molecule has 0 saturated heterocycles. The molecule has 93 heavy (non-hydrogen) atoms. The zero-order chi connectivity index (χ0) is 68.9. The van der Waals surface area contributed by atoms with Crippen LogP contribution in [0.1, 0.15) is 121 Å². The molecule has 1 aromatic carbocycles. The smallest absolute Gasteiger partial charge is 0.246 e. The fourth-order valence-corrected chi connectivity index (χ4v) is 10.6. The predicted molar refractivity (Wildman–Crippen MR) is 348 cm³/mol. The Morgan fingerprint density at radius 1 is 0.591 bits per heavy atom. The molecular formula is C64H101N7O20S2. The van der Waals surface area contributed by atoms with Gasteiger partial charge in [-0.15, -0.1) is 0 Å². The van der Waals surface area contributed by atoms with Gasteiger partial charge in [0.25, 0.3) is 0 Å². The molecule has 1 aliphatic carbocycles. The molecule has 0 spiro atoms. The highest BCUT2D eigenvalue weighted by Gasteiger charge is 2.39. The quantitative estimate of drug-likeness (QED) is 0.0258. The molecule has 29 heteroatoms. The predicted octanol–water partition coefficient (Wildman–Crippen LogP) is 1.22. The van der Waals surface area contributed by atoms with Crippen molar-refractivity contribution in [3.05, 3.63) is 35.4 Å². The minimum absolute atomic E-state index is 0.0214. The van der Waals surface area contributed by atoms with Crippen LogP contribution in [0, 0.1) is 29.6 Å². The molecule has 0 radical (unpaired) electrons. The van der Waals surface area contributed by atoms with Crippen LogP contribution >= 0.6 is 24.4 Å². The molecule has 2 rings (SSSR count). The maximum Gasteiger partial charge on any atom is 0.246 e. The molecule has 0 aromatic heterocycles. The molecule has 9 N–H and O–H groups in total. The molecule has 1 fully saturated rings. The number of hydrogen-bond donors (Lipinski definition) is 8. The van der Waals surface area contributed by atoms with E-state index in [9.17, 15) is 62.3 Å². The maximum atomic E-state index is 13.8. The van der Waals surface area contributed by atoms with Crippen molar-refractivity contribution in [2.45, 2.75) is 129 Å². The van der Waals surface area contributed by atoms with Gasteiger partial charge in [0.15, 0.2) is 40.5 Å². The average Bonchev–Trinajstić information content (AvgIpc) is 3.10. The third-order valence-electron chi connectivity index (χ3n) is 14.7. The summed E-state index contributed by atoms with van der Waals surface area (Å²) in [5.41, 5.74) is 11.9. The Hall–Kier alpha value is -5.89. The largest absolute Gasteiger partial charge is 0.379 e. The number of nitrogens with two attached hydrogens (primary N) is 2. The van der Waals surface area contributed by atoms with E-state index in [-0.39, 0.29) is 215 Å². The summed E-state index contributed by atoms with van der Waals surface area (Å²) in [4.78, 5) is 166. The van der Waals surface area contributed by atoms with Crippen LogP contribution in [0.2, 0.25) is 0 Å². The van der Waals surface area contributed by atoms with Crippen molar-refractivity contribution in [3.8, 4) is 0 Å². The highest BCUT2D eigenvalue weighted by Crippen LogP contribution is 2.33. The fourth-order valence-electron chi connectivity index (χ4n) is 9.65. The highest BCUT2D eigenvalue weighted by molar-refractivity contribution is 7.98. The van der Waals surface area contributed by atoms with Crippen molar-refractivity contribution >= 4 is 100 Å². The van der Waals surface area contributed by atoms with Gasteiger partial charge in [-0.25, -0.2) is 0 Å². The third-order valence-corrected chi connectivity index (χ3v) is 15.9. The monoisotopic (exact) mass is 1350 g/mol. The first-order chi connectivity index (χ1) is 44.5. The molecule has 0 aliphatic heterocycles. The van der Waals surface area contributed by atoms with Gasteiger partial charge >= 0.3 is 0 Å². The number of ether oxygens (including phenoxy) is 7. The molecule has 1 aliphatic rings. The summed E-state index contributed by atoms with van der Waals surface area (Å²) < 4.78 is 37.7. The Morgan fingerprint density at radius 3 is 1.81 bits per heavy atom. The number of thioether (sulfide) groups is 1. The molecule has 1 saturated carbocycles. The van der Waals surface area contributed by atoms with E-state index < -0.39 is 77.1 Å². The maximum absolute atomic E-state index is 13.8. The molecule has 1 aromatic rings. The summed E-state index contributed by atoms with van der Waals surface area (Å²) in [6.07, 6.45) is 3.61. The van der Waals surface area contributed by atoms with E-state index in [0.717, 1.165) is 5.56 Å². The number of Topliss-reactive ketones (excluding diaryl/α,β-unsaturated/α-hetero) is 7. The minimum atomic E-state index is -0.965. The van der Waals surface area contributed by atoms with E-state index in [2.05, 4.69) is 39.2 Å². The van der Waals surface area contributed by atoms with Gasteiger partial charge in [0.05, 0.1) is 83.4 Å². The number of carbonyl (C=O) groups excluding carboxylic acids is 13. The second-order valence-electron chi connectivity index (χ2n) is 23.1. The van der Waals surface area contributed by atoms with Gasteiger partial charge in [-0.2, -0.15) is 24.4 Å². The first-order valence-electron chi connectivity index (χ1n) is 31.8. The zero-order valence-electron chi connectivity index (χ0n) is 54.7. The lowest BCUT2D eigenvalue weighted by Crippen LogP contribution is -2.47. The van der Waals surface area contributed by atoms with Crippen molar-refractivity contribution in [1.29, 1.82) is 0 Å². The van der Waals surface area contributed by atoms with E-state index in [0.29, 0.717) is 44.4 Å². The Morgan fingerprint density at radius 2 is 1.17 bits per heavy atom. The van der Waals surface area contributed by atoms with Crippen LogP contribution in [0.4, 0.5) is 0 Å². The molecule has 7 atom stereocenters. The first kappa shape index (κ1) is 83.2. The van der Waals surface area contributed by atoms with Crippen LogP contribution in [0.25, 0.3) is 0 Å². The van der Waals surface area contributed by atoms with Gasteiger partial charge in [0.2, 0.25) is 35.4 Å². The van der Waals surface area contributed by atoms with Crippen molar-refractivity contribution in [2.24, 2.45) is 41.1 Å². The average molecular weight is 1350 g/mol. The number of amides is 6. The molecule has 524 valence electrons. The van der Waals surface area contributed by atoms with Crippen molar-refractivity contribution in [2.75, 3.05) is 130 Å². The Balaban J connectivity index is 1.72. The summed E-state index contributed by atoms with van der Waals surface area (Å²) in [7, 11) is 0. The number of carbonyl (C=O) groups is 13. The Bertz CT molecular complexity index is 2530. The molecule has 2 unspecified atom stereocenters. The summed E-state index contributed by atoms with van der Waals surface area (Å²) in [6.45, 7) is 8.00. The molecule has 0 bridgehead atoms. The van der Waals surface area contributed by atoms with E-state index in [1.165, 1.54) is 25.6 Å². The third kappa shape index (κ3) is 37.7. The van der Waals surface area contributed by atoms with Gasteiger partial charge in [-0.05, 0) is 63.2 Å². The molecule has 6 amide bonds. The lowest BCUT2D eigenvalue weighted by atomic mass is 9.90. The summed E-state index contributed by atoms with van der Waals surface area (Å²) >= 11 is 5.31. The molecule has 27 nitrogen and oxygen atoms in total. The number of rotatable bonds is 57. The number of nitrogens with one attached hydrogen (secondary N) is 5. The van der Waals surface area contributed by atoms with Crippen molar-refractivity contribution in [3.63, 3.8) is 0 Å². The number of hydrogen-bond acceptors (Lipinski definition) is 23. The van der Waals surface area contributed by atoms with Crippen LogP contribution in [-0.4, -0.2) is 224 Å². The van der Waals surface area contributed by atoms with E-state index in [4.69, 9.17) is 44.6 Å². The van der Waals surface area contributed by atoms with E-state index >= 15 is 0 Å². The summed E-state index contributed by atoms with van der Waals surface area (Å²) in [6, 6.07) is 3.94. The summed E-state index contributed by atoms with van der Waals surface area (Å²) in [5.74, 6) is -7.48. The number of ketones is 7. The van der Waals surface area contributed by atoms with Crippen LogP contribution in [0.5, 0.6) is 0 Å². The second-order valence-corrected chi connectivity index (χ2v) is 24.4. The lowest BCUT2D eigenvalue weighted by Gasteiger charge is -2.24. The van der Waals surface area contributed by atoms with Crippen LogP contribution in [-0.2, 0) is 97.1 Å². The van der Waals surface area contributed by atoms with Crippen molar-refractivity contribution in [1.82, 2.24) is 26.6 Å². The Kier molecular flexibility index (Phi) is 44.4. The van der Waals surface area contributed by atoms with Gasteiger partial charge in [0, 0.05) is 99.7 Å². The number of benzene rings is 1. The normalized spacial score (nSPS) is 15.3. The van der Waals surface area contributed by atoms with Crippen molar-refractivity contribution < 1.29 is 95.5 Å². The van der Waals surface area contributed by atoms with Gasteiger partial charge in [-0.1, -0.05) is 51.5 Å². The van der Waals surface area contributed by atoms with Gasteiger partial charge in [-0.3, -0.25) is 62.3 Å². The van der Waals surface area contributed by atoms with Crippen LogP contribution in [0.15, 0.2) is 24.3 Å². The van der Waals surface area contributed by atoms with Gasteiger partial charge in [0.1, 0.15) is 26.4 Å². The highest BCUT2D eigenvalue weighted by atomic mass is 32.2. The first-order valence-corrected chi connectivity index (χ1v) is 33.8. The SMILES string of the molecule is CSC[C@H](NC(=O)CCC(=O)[C@H](CC(C)C)NC(=O)C1CCCC1C(=O)COCCCC(=O)[C@H](Cc1ccc(C(C)=O)cc1)NC(=O)COCCOCCN)C(=O)C[C@@H](C)C(=O)NCC(=O)CCCOCCOCC(=O)NCCOCCOCC(=O)C[C@H](CS)C(N)=O. The second kappa shape index (κ2) is 49.6. The zero-order valence-corrected chi connectivity index (χ0v) is 56.4. The van der Waals surface area contributed by atoms with Crippen LogP contribution in [0.3, 0.4) is 0 Å². The lowest BCUT2D eigenvalue weighted by molar-refractivity contribution is -0.136. The van der Waals surface area contributed by atoms with E-state index in [1.54, 1.807) is 30.5 Å². The topological polar surface area (TPSA) is 399 Å². The van der Waals surface area contributed by atoms with Gasteiger partial charge < -0.3 is 71.2 Å². The standard InChI is InChI=1S/C64H101N7O20S2/c1-42(2)31-52(71-64(84)51-11-6-10-50(51)58(78)37-88-22-8-12-55(75)53(33-45-13-15-46(16-14-45)44(4)72)69-61(81)39-91-30-26-86-23-19-65)56(76)17-18-59(79)70-54(41-93-5)57(77)32-43(3)63(83)68-35-48(73)9-7-21-85-25-29-90-38-60(80)67-20-24-87-27-28-89-36-49(74)34-47(40-92)62(66)82/h13-16,42-43,47,50-54,92H,6-12,17-41,65H2,1-5H3,(H2,66,82)(H,67,80)(H,68,83)(H,69,81)(H,70,79)(H,71,84)/t43-,47-,50?,51?,52+,53+,54+/m1/s1. The fraction of sp³-hybridized carbons (Fsp3) is 0.703. The molecular weight excluding hydrogens is 1250 g/mol.